The molecule has 1 unspecified atom stereocenters. The molecule has 8 heteroatoms. The Morgan fingerprint density at radius 1 is 1.19 bits per heavy atom. The molecular formula is C24H36N4O4. The Morgan fingerprint density at radius 2 is 2.03 bits per heavy atom. The molecule has 1 aliphatic heterocycles. The summed E-state index contributed by atoms with van der Waals surface area (Å²) in [4.78, 5) is 45.2. The normalized spacial score (nSPS) is 18.0. The average molecular weight is 445 g/mol. The van der Waals surface area contributed by atoms with Crippen LogP contribution in [-0.2, 0) is 25.7 Å². The van der Waals surface area contributed by atoms with E-state index in [9.17, 15) is 14.4 Å². The van der Waals surface area contributed by atoms with Gasteiger partial charge in [-0.3, -0.25) is 14.4 Å². The second kappa shape index (κ2) is 12.4. The molecule has 0 radical (unpaired) electrons. The molecule has 0 spiro atoms. The summed E-state index contributed by atoms with van der Waals surface area (Å²) in [5, 5.41) is 0. The van der Waals surface area contributed by atoms with Crippen molar-refractivity contribution in [3.63, 3.8) is 0 Å². The average Bonchev–Trinajstić information content (AvgIpc) is 3.31. The van der Waals surface area contributed by atoms with Crippen LogP contribution < -0.4 is 0 Å². The van der Waals surface area contributed by atoms with Gasteiger partial charge in [0.25, 0.3) is 0 Å². The van der Waals surface area contributed by atoms with Crippen molar-refractivity contribution >= 4 is 17.8 Å². The van der Waals surface area contributed by atoms with Crippen LogP contribution in [0.2, 0.25) is 0 Å². The molecule has 0 aromatic carbocycles. The van der Waals surface area contributed by atoms with Crippen molar-refractivity contribution in [2.75, 3.05) is 26.2 Å². The van der Waals surface area contributed by atoms with E-state index < -0.39 is 5.97 Å². The number of allylic oxidation sites excluding steroid dienone is 2. The Balaban J connectivity index is 1.47. The molecule has 2 amide bonds. The molecule has 0 bridgehead atoms. The van der Waals surface area contributed by atoms with Crippen LogP contribution in [0.5, 0.6) is 0 Å². The maximum Gasteiger partial charge on any atom is 0.325 e. The number of hydrogen-bond donors (Lipinski definition) is 0. The zero-order valence-electron chi connectivity index (χ0n) is 19.2. The van der Waals surface area contributed by atoms with Crippen LogP contribution in [0, 0.1) is 5.92 Å². The lowest BCUT2D eigenvalue weighted by Gasteiger charge is -2.38. The summed E-state index contributed by atoms with van der Waals surface area (Å²) in [5.41, 5.74) is 1.21. The molecule has 32 heavy (non-hydrogen) atoms. The lowest BCUT2D eigenvalue weighted by Crippen LogP contribution is -2.39. The van der Waals surface area contributed by atoms with E-state index >= 15 is 0 Å². The van der Waals surface area contributed by atoms with E-state index in [2.05, 4.69) is 11.1 Å². The molecule has 1 saturated heterocycles. The summed E-state index contributed by atoms with van der Waals surface area (Å²) in [5.74, 6) is 0.138. The van der Waals surface area contributed by atoms with Crippen molar-refractivity contribution in [1.82, 2.24) is 19.4 Å². The number of aromatic nitrogens is 2. The SMILES string of the molecule is CCOC(=O)CN(CCCn1ccnc1)C(=O)CCCC(=O)N1CCCC2CCCC=C21. The third-order valence-electron chi connectivity index (χ3n) is 6.24. The minimum Gasteiger partial charge on any atom is -0.465 e. The summed E-state index contributed by atoms with van der Waals surface area (Å²) < 4.78 is 6.97. The number of hydrogen-bond acceptors (Lipinski definition) is 5. The monoisotopic (exact) mass is 444 g/mol. The van der Waals surface area contributed by atoms with Crippen molar-refractivity contribution < 1.29 is 19.1 Å². The first-order valence-electron chi connectivity index (χ1n) is 12.0. The lowest BCUT2D eigenvalue weighted by atomic mass is 9.85. The van der Waals surface area contributed by atoms with Crippen molar-refractivity contribution in [2.24, 2.45) is 5.92 Å². The van der Waals surface area contributed by atoms with E-state index in [1.807, 2.05) is 15.7 Å². The Hall–Kier alpha value is -2.64. The fourth-order valence-corrected chi connectivity index (χ4v) is 4.65. The van der Waals surface area contributed by atoms with Gasteiger partial charge < -0.3 is 19.1 Å². The lowest BCUT2D eigenvalue weighted by molar-refractivity contribution is -0.149. The predicted octanol–water partition coefficient (Wildman–Crippen LogP) is 3.14. The van der Waals surface area contributed by atoms with Gasteiger partial charge in [0, 0.05) is 50.6 Å². The van der Waals surface area contributed by atoms with E-state index in [1.54, 1.807) is 24.3 Å². The maximum atomic E-state index is 12.8. The zero-order valence-corrected chi connectivity index (χ0v) is 19.2. The highest BCUT2D eigenvalue weighted by molar-refractivity contribution is 5.83. The fourth-order valence-electron chi connectivity index (χ4n) is 4.65. The number of carbonyl (C=O) groups is 3. The first kappa shape index (κ1) is 24.0. The molecule has 8 nitrogen and oxygen atoms in total. The van der Waals surface area contributed by atoms with Crippen molar-refractivity contribution in [2.45, 2.75) is 71.3 Å². The van der Waals surface area contributed by atoms with Crippen molar-refractivity contribution in [1.29, 1.82) is 0 Å². The first-order valence-corrected chi connectivity index (χ1v) is 12.0. The molecule has 0 N–H and O–H groups in total. The molecule has 2 heterocycles. The second-order valence-electron chi connectivity index (χ2n) is 8.57. The van der Waals surface area contributed by atoms with Gasteiger partial charge in [0.05, 0.1) is 12.9 Å². The molecule has 3 rings (SSSR count). The van der Waals surface area contributed by atoms with E-state index in [1.165, 1.54) is 25.0 Å². The van der Waals surface area contributed by atoms with Gasteiger partial charge in [-0.05, 0) is 57.8 Å². The summed E-state index contributed by atoms with van der Waals surface area (Å²) in [6, 6.07) is 0. The Kier molecular flexibility index (Phi) is 9.31. The molecule has 2 aliphatic rings. The van der Waals surface area contributed by atoms with Crippen LogP contribution in [0.15, 0.2) is 30.5 Å². The molecule has 0 saturated carbocycles. The highest BCUT2D eigenvalue weighted by Gasteiger charge is 2.30. The number of esters is 1. The number of fused-ring (bicyclic) bond motifs is 1. The van der Waals surface area contributed by atoms with Gasteiger partial charge in [0.1, 0.15) is 6.54 Å². The summed E-state index contributed by atoms with van der Waals surface area (Å²) in [6.45, 7) is 3.96. The standard InChI is InChI=1S/C24H36N4O4/c1-2-32-24(31)18-27(15-7-14-26-17-13-25-19-26)22(29)11-5-12-23(30)28-16-6-9-20-8-3-4-10-21(20)28/h10,13,17,19-20H,2-9,11-12,14-16,18H2,1H3. The largest absolute Gasteiger partial charge is 0.465 e. The first-order chi connectivity index (χ1) is 15.6. The Bertz CT molecular complexity index is 790. The Labute approximate surface area is 190 Å². The molecule has 1 aromatic rings. The van der Waals surface area contributed by atoms with Gasteiger partial charge in [0.15, 0.2) is 0 Å². The van der Waals surface area contributed by atoms with Crippen LogP contribution >= 0.6 is 0 Å². The van der Waals surface area contributed by atoms with Gasteiger partial charge in [-0.1, -0.05) is 6.08 Å². The molecule has 1 fully saturated rings. The third kappa shape index (κ3) is 6.93. The van der Waals surface area contributed by atoms with E-state index in [0.717, 1.165) is 25.9 Å². The number of nitrogens with zero attached hydrogens (tertiary/aromatic N) is 4. The third-order valence-corrected chi connectivity index (χ3v) is 6.24. The van der Waals surface area contributed by atoms with Gasteiger partial charge in [0.2, 0.25) is 11.8 Å². The molecule has 1 aliphatic carbocycles. The molecule has 1 atom stereocenters. The van der Waals surface area contributed by atoms with Crippen LogP contribution in [-0.4, -0.2) is 63.4 Å². The topological polar surface area (TPSA) is 84.7 Å². The number of likely N-dealkylation sites (tertiary alicyclic amines) is 1. The van der Waals surface area contributed by atoms with Crippen molar-refractivity contribution in [3.8, 4) is 0 Å². The number of carbonyl (C=O) groups excluding carboxylic acids is 3. The van der Waals surface area contributed by atoms with E-state index in [-0.39, 0.29) is 31.4 Å². The molecule has 1 aromatic heterocycles. The number of piperidine rings is 1. The van der Waals surface area contributed by atoms with Gasteiger partial charge >= 0.3 is 5.97 Å². The molecular weight excluding hydrogens is 408 g/mol. The van der Waals surface area contributed by atoms with Crippen LogP contribution in [0.25, 0.3) is 0 Å². The highest BCUT2D eigenvalue weighted by Crippen LogP contribution is 2.35. The number of aryl methyl sites for hydroxylation is 1. The zero-order chi connectivity index (χ0) is 22.8. The number of imidazole rings is 1. The van der Waals surface area contributed by atoms with Gasteiger partial charge in [-0.25, -0.2) is 4.98 Å². The maximum absolute atomic E-state index is 12.8. The van der Waals surface area contributed by atoms with Crippen LogP contribution in [0.1, 0.15) is 64.7 Å². The minimum absolute atomic E-state index is 0.0504. The number of rotatable bonds is 11. The van der Waals surface area contributed by atoms with Gasteiger partial charge in [-0.2, -0.15) is 0 Å². The Morgan fingerprint density at radius 3 is 2.81 bits per heavy atom. The quantitative estimate of drug-likeness (QED) is 0.490. The number of amides is 2. The summed E-state index contributed by atoms with van der Waals surface area (Å²) in [7, 11) is 0. The minimum atomic E-state index is -0.400. The van der Waals surface area contributed by atoms with E-state index in [0.29, 0.717) is 31.7 Å². The number of ether oxygens (including phenoxy) is 1. The summed E-state index contributed by atoms with van der Waals surface area (Å²) >= 11 is 0. The summed E-state index contributed by atoms with van der Waals surface area (Å²) in [6.07, 6.45) is 15.0. The van der Waals surface area contributed by atoms with Gasteiger partial charge in [-0.15, -0.1) is 0 Å². The molecule has 176 valence electrons. The smallest absolute Gasteiger partial charge is 0.325 e. The highest BCUT2D eigenvalue weighted by atomic mass is 16.5. The predicted molar refractivity (Wildman–Crippen MR) is 120 cm³/mol. The van der Waals surface area contributed by atoms with E-state index in [4.69, 9.17) is 4.74 Å². The fraction of sp³-hybridized carbons (Fsp3) is 0.667. The van der Waals surface area contributed by atoms with Crippen LogP contribution in [0.3, 0.4) is 0 Å². The second-order valence-corrected chi connectivity index (χ2v) is 8.57. The van der Waals surface area contributed by atoms with Crippen LogP contribution in [0.4, 0.5) is 0 Å². The van der Waals surface area contributed by atoms with Crippen molar-refractivity contribution in [3.05, 3.63) is 30.5 Å².